The van der Waals surface area contributed by atoms with E-state index in [-0.39, 0.29) is 23.0 Å². The van der Waals surface area contributed by atoms with Gasteiger partial charge in [-0.15, -0.1) is 0 Å². The molecule has 1 radical (unpaired) electrons. The predicted octanol–water partition coefficient (Wildman–Crippen LogP) is 7.84. The van der Waals surface area contributed by atoms with E-state index in [2.05, 4.69) is 33.1 Å². The van der Waals surface area contributed by atoms with Gasteiger partial charge in [-0.3, -0.25) is 0 Å². The summed E-state index contributed by atoms with van der Waals surface area (Å²) in [5, 5.41) is 6.88. The maximum absolute atomic E-state index is 5.13. The molecule has 1 unspecified atom stereocenters. The monoisotopic (exact) mass is 715 g/mol. The third-order valence-electron chi connectivity index (χ3n) is 7.81. The first-order valence-electron chi connectivity index (χ1n) is 17.3. The molecule has 0 N–H and O–H groups in total. The molecule has 5 heterocycles. The zero-order valence-electron chi connectivity index (χ0n) is 30.9. The molecule has 50 heavy (non-hydrogen) atoms. The van der Waals surface area contributed by atoms with Crippen LogP contribution in [-0.4, -0.2) is 22.1 Å². The van der Waals surface area contributed by atoms with Crippen molar-refractivity contribution in [2.24, 2.45) is 37.9 Å². The fourth-order valence-electron chi connectivity index (χ4n) is 5.85. The molecule has 0 spiro atoms. The molecule has 2 aromatic carbocycles. The minimum Gasteiger partial charge on any atom is -0.451 e. The van der Waals surface area contributed by atoms with E-state index < -0.39 is 6.17 Å². The van der Waals surface area contributed by atoms with Gasteiger partial charge in [0.2, 0.25) is 0 Å². The van der Waals surface area contributed by atoms with Gasteiger partial charge in [-0.25, -0.2) is 9.98 Å². The third kappa shape index (κ3) is 7.20. The van der Waals surface area contributed by atoms with Crippen LogP contribution in [-0.2, 0) is 24.1 Å². The van der Waals surface area contributed by atoms with Crippen LogP contribution < -0.4 is 26.4 Å². The Labute approximate surface area is 307 Å². The van der Waals surface area contributed by atoms with Crippen molar-refractivity contribution >= 4 is 53.4 Å². The molecule has 4 aromatic rings. The Morgan fingerprint density at radius 2 is 1.26 bits per heavy atom. The Balaban J connectivity index is 0.000000918. The van der Waals surface area contributed by atoms with Crippen LogP contribution in [0.1, 0.15) is 102 Å². The van der Waals surface area contributed by atoms with E-state index in [0.717, 1.165) is 43.8 Å². The summed E-state index contributed by atoms with van der Waals surface area (Å²) in [7, 11) is 1.94. The van der Waals surface area contributed by atoms with E-state index in [4.69, 9.17) is 35.3 Å². The van der Waals surface area contributed by atoms with E-state index in [1.807, 2.05) is 115 Å². The molecular formula is C41H48CuN8. The summed E-state index contributed by atoms with van der Waals surface area (Å²) in [4.78, 5) is 30.3. The van der Waals surface area contributed by atoms with E-state index in [0.29, 0.717) is 40.1 Å². The van der Waals surface area contributed by atoms with Crippen LogP contribution in [0.25, 0.3) is 29.6 Å². The number of aliphatic imine (C=N–C) groups is 3. The number of nitrogens with zero attached hydrogens (tertiary/aromatic N) is 8. The second-order valence-corrected chi connectivity index (χ2v) is 10.9. The number of amidine groups is 3. The van der Waals surface area contributed by atoms with Gasteiger partial charge in [0.25, 0.3) is 0 Å². The van der Waals surface area contributed by atoms with E-state index in [1.54, 1.807) is 12.2 Å². The molecule has 1 atom stereocenters. The maximum atomic E-state index is 5.13. The molecule has 0 amide bonds. The van der Waals surface area contributed by atoms with Gasteiger partial charge in [0.15, 0.2) is 5.84 Å². The average molecular weight is 716 g/mol. The zero-order chi connectivity index (χ0) is 35.8. The number of hydrogen-bond donors (Lipinski definition) is 0. The fourth-order valence-corrected chi connectivity index (χ4v) is 5.85. The summed E-state index contributed by atoms with van der Waals surface area (Å²) >= 11 is 0. The standard InChI is InChI=1S/C35H30N8.3C2H6.Cu/c1-7-20-27(18-19(4)5)33-37-28(20)36-29-23-14-10-12-16-25(23)31(38-29)41-34-21(8-2)22(9-3)35(43(34)6)42-32-26-17-13-11-15-24(26)30(39-32)40-33;3*1-2;/h7-19,30H,2-3H2,1,4-6H3;3*1-2H3;/q-2;;;;+2/b20-7+,27-18+;;;;. The minimum atomic E-state index is -0.505. The van der Waals surface area contributed by atoms with Crippen molar-refractivity contribution in [3.8, 4) is 0 Å². The topological polar surface area (TPSA) is 94.9 Å². The van der Waals surface area contributed by atoms with Crippen LogP contribution in [0.15, 0.2) is 86.7 Å². The average Bonchev–Trinajstić information content (AvgIpc) is 3.84. The maximum Gasteiger partial charge on any atom is 2.00 e. The first-order chi connectivity index (χ1) is 23.9. The Morgan fingerprint density at radius 3 is 1.82 bits per heavy atom. The van der Waals surface area contributed by atoms with Gasteiger partial charge in [0.05, 0.1) is 5.84 Å². The van der Waals surface area contributed by atoms with Crippen molar-refractivity contribution in [2.45, 2.75) is 68.5 Å². The second kappa shape index (κ2) is 17.7. The Kier molecular flexibility index (Phi) is 14.0. The molecule has 0 aliphatic carbocycles. The van der Waals surface area contributed by atoms with Crippen LogP contribution in [0, 0.1) is 5.92 Å². The fraction of sp³-hybridized carbons (Fsp3) is 0.293. The van der Waals surface area contributed by atoms with Gasteiger partial charge >= 0.3 is 17.1 Å². The SMILES string of the molecule is C=Cc1c(C=C)c2n(C)c1/N=C1\N=C(N=c3[n-]c(/c(=C/C(C)C)c/3=C\C)=N\C3[N-]/C(=N\2)c2ccccc23)c2ccccc21.CC.CC.CC.[Cu+2]. The van der Waals surface area contributed by atoms with Crippen molar-refractivity contribution in [3.63, 3.8) is 0 Å². The molecule has 3 aliphatic heterocycles. The number of fused-ring (bicyclic) bond motifs is 13. The summed E-state index contributed by atoms with van der Waals surface area (Å²) in [6.07, 6.45) is 7.28. The molecule has 9 heteroatoms. The van der Waals surface area contributed by atoms with Gasteiger partial charge in [-0.1, -0.05) is 147 Å². The van der Waals surface area contributed by atoms with Crippen molar-refractivity contribution < 1.29 is 17.1 Å². The first-order valence-corrected chi connectivity index (χ1v) is 17.3. The molecule has 8 nitrogen and oxygen atoms in total. The van der Waals surface area contributed by atoms with Gasteiger partial charge < -0.3 is 29.8 Å². The van der Waals surface area contributed by atoms with Gasteiger partial charge in [0, 0.05) is 52.3 Å². The Bertz CT molecular complexity index is 2210. The van der Waals surface area contributed by atoms with E-state index in [9.17, 15) is 0 Å². The van der Waals surface area contributed by atoms with Gasteiger partial charge in [-0.2, -0.15) is 0 Å². The number of aromatic nitrogens is 2. The zero-order valence-corrected chi connectivity index (χ0v) is 31.8. The number of benzene rings is 2. The summed E-state index contributed by atoms with van der Waals surface area (Å²) in [6.45, 7) is 26.5. The van der Waals surface area contributed by atoms with Crippen LogP contribution in [0.3, 0.4) is 0 Å². The van der Waals surface area contributed by atoms with Crippen molar-refractivity contribution in [1.82, 2.24) is 9.55 Å². The van der Waals surface area contributed by atoms with E-state index >= 15 is 0 Å². The molecule has 3 aliphatic rings. The first kappa shape index (κ1) is 39.6. The molecule has 0 saturated heterocycles. The van der Waals surface area contributed by atoms with Gasteiger partial charge in [-0.05, 0) is 34.4 Å². The summed E-state index contributed by atoms with van der Waals surface area (Å²) in [5.41, 5.74) is 6.49. The van der Waals surface area contributed by atoms with Crippen molar-refractivity contribution in [1.29, 1.82) is 0 Å². The van der Waals surface area contributed by atoms with Crippen LogP contribution in [0.2, 0.25) is 0 Å². The third-order valence-corrected chi connectivity index (χ3v) is 7.81. The minimum absolute atomic E-state index is 0. The normalized spacial score (nSPS) is 18.0. The summed E-state index contributed by atoms with van der Waals surface area (Å²) in [5.74, 6) is 3.33. The molecule has 263 valence electrons. The van der Waals surface area contributed by atoms with Crippen molar-refractivity contribution in [3.05, 3.63) is 122 Å². The number of rotatable bonds is 3. The second-order valence-electron chi connectivity index (χ2n) is 10.9. The molecule has 0 fully saturated rings. The molecule has 2 aromatic heterocycles. The molecule has 7 rings (SSSR count). The Morgan fingerprint density at radius 1 is 0.720 bits per heavy atom. The number of hydrogen-bond acceptors (Lipinski definition) is 5. The quantitative estimate of drug-likeness (QED) is 0.199. The Hall–Kier alpha value is -4.85. The summed E-state index contributed by atoms with van der Waals surface area (Å²) < 4.78 is 1.94. The van der Waals surface area contributed by atoms with Crippen LogP contribution in [0.4, 0.5) is 11.6 Å². The largest absolute Gasteiger partial charge is 2.00 e. The predicted molar refractivity (Wildman–Crippen MR) is 208 cm³/mol. The van der Waals surface area contributed by atoms with Crippen molar-refractivity contribution in [2.75, 3.05) is 0 Å². The van der Waals surface area contributed by atoms with Gasteiger partial charge in [0.1, 0.15) is 5.82 Å². The van der Waals surface area contributed by atoms with Crippen LogP contribution in [0.5, 0.6) is 0 Å². The molecular weight excluding hydrogens is 668 g/mol. The molecule has 0 saturated carbocycles. The smallest absolute Gasteiger partial charge is 0.451 e. The summed E-state index contributed by atoms with van der Waals surface area (Å²) in [6, 6.07) is 16.1. The van der Waals surface area contributed by atoms with Crippen LogP contribution >= 0.6 is 0 Å². The van der Waals surface area contributed by atoms with E-state index in [1.165, 1.54) is 0 Å². The molecule has 8 bridgehead atoms.